The standard InChI is InChI=1S/C22H26N2O4/c1-5-27-21-11-16-10-13(2)28-20(16)12-19(21)23-14(3)22(26)24-18-9-7-6-8-17(18)15(4)25/h6-9,11-14,23H,5,10H2,1-4H3,(H,24,26)/t13-,14+/m0/s1. The molecule has 148 valence electrons. The number of para-hydroxylation sites is 1. The average Bonchev–Trinajstić information content (AvgIpc) is 3.01. The van der Waals surface area contributed by atoms with Gasteiger partial charge in [-0.3, -0.25) is 9.59 Å². The molecule has 1 aliphatic rings. The van der Waals surface area contributed by atoms with Gasteiger partial charge < -0.3 is 20.1 Å². The molecule has 0 saturated carbocycles. The van der Waals surface area contributed by atoms with Crippen LogP contribution in [0.25, 0.3) is 0 Å². The Kier molecular flexibility index (Phi) is 5.87. The second-order valence-electron chi connectivity index (χ2n) is 6.98. The van der Waals surface area contributed by atoms with Gasteiger partial charge in [0.05, 0.1) is 18.0 Å². The zero-order chi connectivity index (χ0) is 20.3. The van der Waals surface area contributed by atoms with Crippen molar-refractivity contribution in [1.29, 1.82) is 0 Å². The smallest absolute Gasteiger partial charge is 0.246 e. The van der Waals surface area contributed by atoms with Crippen molar-refractivity contribution in [2.75, 3.05) is 17.2 Å². The van der Waals surface area contributed by atoms with Crippen molar-refractivity contribution in [1.82, 2.24) is 0 Å². The van der Waals surface area contributed by atoms with Crippen molar-refractivity contribution in [3.63, 3.8) is 0 Å². The lowest BCUT2D eigenvalue weighted by atomic mass is 10.1. The van der Waals surface area contributed by atoms with Gasteiger partial charge in [0.1, 0.15) is 23.6 Å². The number of ketones is 1. The molecule has 0 bridgehead atoms. The molecule has 0 saturated heterocycles. The maximum Gasteiger partial charge on any atom is 0.246 e. The molecule has 2 aromatic rings. The van der Waals surface area contributed by atoms with Crippen molar-refractivity contribution in [2.45, 2.75) is 46.3 Å². The van der Waals surface area contributed by atoms with Gasteiger partial charge in [0.25, 0.3) is 0 Å². The Balaban J connectivity index is 1.77. The Morgan fingerprint density at radius 2 is 2.00 bits per heavy atom. The topological polar surface area (TPSA) is 76.7 Å². The van der Waals surface area contributed by atoms with Crippen molar-refractivity contribution in [3.05, 3.63) is 47.5 Å². The zero-order valence-electron chi connectivity index (χ0n) is 16.7. The highest BCUT2D eigenvalue weighted by molar-refractivity contribution is 6.05. The number of hydrogen-bond donors (Lipinski definition) is 2. The van der Waals surface area contributed by atoms with Gasteiger partial charge in [-0.1, -0.05) is 12.1 Å². The molecule has 3 rings (SSSR count). The van der Waals surface area contributed by atoms with Crippen molar-refractivity contribution < 1.29 is 19.1 Å². The molecule has 2 N–H and O–H groups in total. The maximum atomic E-state index is 12.7. The molecule has 0 aromatic heterocycles. The summed E-state index contributed by atoms with van der Waals surface area (Å²) in [5.74, 6) is 1.17. The van der Waals surface area contributed by atoms with Gasteiger partial charge in [0.15, 0.2) is 5.78 Å². The summed E-state index contributed by atoms with van der Waals surface area (Å²) in [5, 5.41) is 6.03. The lowest BCUT2D eigenvalue weighted by molar-refractivity contribution is -0.116. The first-order chi connectivity index (χ1) is 13.4. The molecule has 2 aromatic carbocycles. The molecule has 0 unspecified atom stereocenters. The SMILES string of the molecule is CCOc1cc2c(cc1N[C@H](C)C(=O)Nc1ccccc1C(C)=O)O[C@@H](C)C2. The van der Waals surface area contributed by atoms with Crippen LogP contribution in [0.4, 0.5) is 11.4 Å². The lowest BCUT2D eigenvalue weighted by Crippen LogP contribution is -2.32. The first-order valence-electron chi connectivity index (χ1n) is 9.52. The van der Waals surface area contributed by atoms with Gasteiger partial charge in [-0.15, -0.1) is 0 Å². The summed E-state index contributed by atoms with van der Waals surface area (Å²) in [6, 6.07) is 10.3. The molecule has 0 aliphatic carbocycles. The fourth-order valence-corrected chi connectivity index (χ4v) is 3.27. The third-order valence-electron chi connectivity index (χ3n) is 4.63. The number of nitrogens with one attached hydrogen (secondary N) is 2. The highest BCUT2D eigenvalue weighted by Gasteiger charge is 2.24. The Hall–Kier alpha value is -3.02. The van der Waals surface area contributed by atoms with Crippen LogP contribution >= 0.6 is 0 Å². The molecular weight excluding hydrogens is 356 g/mol. The number of rotatable bonds is 7. The minimum Gasteiger partial charge on any atom is -0.492 e. The summed E-state index contributed by atoms with van der Waals surface area (Å²) in [5.41, 5.74) is 2.80. The van der Waals surface area contributed by atoms with Crippen LogP contribution in [-0.2, 0) is 11.2 Å². The number of hydrogen-bond acceptors (Lipinski definition) is 5. The van der Waals surface area contributed by atoms with E-state index in [2.05, 4.69) is 10.6 Å². The van der Waals surface area contributed by atoms with E-state index in [1.165, 1.54) is 6.92 Å². The first-order valence-corrected chi connectivity index (χ1v) is 9.52. The second-order valence-corrected chi connectivity index (χ2v) is 6.98. The number of ether oxygens (including phenoxy) is 2. The van der Waals surface area contributed by atoms with E-state index in [0.717, 1.165) is 17.7 Å². The van der Waals surface area contributed by atoms with Crippen molar-refractivity contribution in [2.24, 2.45) is 0 Å². The molecule has 6 heteroatoms. The first kappa shape index (κ1) is 19.7. The van der Waals surface area contributed by atoms with Crippen LogP contribution in [0.1, 0.15) is 43.6 Å². The van der Waals surface area contributed by atoms with Crippen LogP contribution in [0, 0.1) is 0 Å². The summed E-state index contributed by atoms with van der Waals surface area (Å²) in [7, 11) is 0. The minimum atomic E-state index is -0.545. The Labute approximate surface area is 165 Å². The van der Waals surface area contributed by atoms with Gasteiger partial charge in [-0.05, 0) is 45.9 Å². The number of amides is 1. The van der Waals surface area contributed by atoms with Crippen LogP contribution in [0.3, 0.4) is 0 Å². The summed E-state index contributed by atoms with van der Waals surface area (Å²) in [6.07, 6.45) is 0.969. The molecule has 6 nitrogen and oxygen atoms in total. The Morgan fingerprint density at radius 1 is 1.25 bits per heavy atom. The number of anilines is 2. The summed E-state index contributed by atoms with van der Waals surface area (Å²) < 4.78 is 11.6. The molecule has 1 heterocycles. The molecule has 0 spiro atoms. The fraction of sp³-hybridized carbons (Fsp3) is 0.364. The second kappa shape index (κ2) is 8.33. The normalized spacial score (nSPS) is 15.9. The fourth-order valence-electron chi connectivity index (χ4n) is 3.27. The van der Waals surface area contributed by atoms with E-state index < -0.39 is 6.04 Å². The van der Waals surface area contributed by atoms with Gasteiger partial charge in [0.2, 0.25) is 5.91 Å². The predicted octanol–water partition coefficient (Wildman–Crippen LogP) is 4.05. The van der Waals surface area contributed by atoms with Crippen LogP contribution in [0.2, 0.25) is 0 Å². The summed E-state index contributed by atoms with van der Waals surface area (Å²) >= 11 is 0. The van der Waals surface area contributed by atoms with Gasteiger partial charge >= 0.3 is 0 Å². The summed E-state index contributed by atoms with van der Waals surface area (Å²) in [6.45, 7) is 7.71. The van der Waals surface area contributed by atoms with E-state index in [-0.39, 0.29) is 17.8 Å². The molecule has 0 fully saturated rings. The summed E-state index contributed by atoms with van der Waals surface area (Å²) in [4.78, 5) is 24.5. The largest absolute Gasteiger partial charge is 0.492 e. The molecule has 28 heavy (non-hydrogen) atoms. The zero-order valence-corrected chi connectivity index (χ0v) is 16.7. The minimum absolute atomic E-state index is 0.0972. The van der Waals surface area contributed by atoms with Crippen LogP contribution < -0.4 is 20.1 Å². The molecular formula is C22H26N2O4. The number of carbonyl (C=O) groups excluding carboxylic acids is 2. The third kappa shape index (κ3) is 4.27. The van der Waals surface area contributed by atoms with Crippen molar-refractivity contribution >= 4 is 23.1 Å². The Morgan fingerprint density at radius 3 is 2.71 bits per heavy atom. The number of fused-ring (bicyclic) bond motifs is 1. The van der Waals surface area contributed by atoms with Gasteiger partial charge in [-0.25, -0.2) is 0 Å². The number of Topliss-reactive ketones (excluding diaryl/α,β-unsaturated/α-hetero) is 1. The maximum absolute atomic E-state index is 12.7. The van der Waals surface area contributed by atoms with Crippen LogP contribution in [0.5, 0.6) is 11.5 Å². The van der Waals surface area contributed by atoms with E-state index in [0.29, 0.717) is 29.3 Å². The molecule has 0 radical (unpaired) electrons. The van der Waals surface area contributed by atoms with E-state index in [1.54, 1.807) is 31.2 Å². The molecule has 1 amide bonds. The number of carbonyl (C=O) groups is 2. The molecule has 1 aliphatic heterocycles. The average molecular weight is 382 g/mol. The lowest BCUT2D eigenvalue weighted by Gasteiger charge is -2.19. The highest BCUT2D eigenvalue weighted by atomic mass is 16.5. The van der Waals surface area contributed by atoms with E-state index in [9.17, 15) is 9.59 Å². The van der Waals surface area contributed by atoms with Gasteiger partial charge in [-0.2, -0.15) is 0 Å². The van der Waals surface area contributed by atoms with Crippen LogP contribution in [-0.4, -0.2) is 30.4 Å². The van der Waals surface area contributed by atoms with Crippen molar-refractivity contribution in [3.8, 4) is 11.5 Å². The predicted molar refractivity (Wildman–Crippen MR) is 110 cm³/mol. The monoisotopic (exact) mass is 382 g/mol. The van der Waals surface area contributed by atoms with E-state index >= 15 is 0 Å². The van der Waals surface area contributed by atoms with E-state index in [1.807, 2.05) is 26.0 Å². The van der Waals surface area contributed by atoms with Gasteiger partial charge in [0, 0.05) is 23.6 Å². The van der Waals surface area contributed by atoms with E-state index in [4.69, 9.17) is 9.47 Å². The third-order valence-corrected chi connectivity index (χ3v) is 4.63. The Bertz CT molecular complexity index is 894. The van der Waals surface area contributed by atoms with Crippen LogP contribution in [0.15, 0.2) is 36.4 Å². The number of benzene rings is 2. The molecule has 2 atom stereocenters. The highest BCUT2D eigenvalue weighted by Crippen LogP contribution is 2.38. The quantitative estimate of drug-likeness (QED) is 0.707.